The molecule has 1 saturated carbocycles. The Bertz CT molecular complexity index is 691. The molecule has 0 aliphatic heterocycles. The quantitative estimate of drug-likeness (QED) is 0.815. The first-order valence-electron chi connectivity index (χ1n) is 8.42. The Morgan fingerprint density at radius 3 is 2.22 bits per heavy atom. The van der Waals surface area contributed by atoms with E-state index in [1.165, 1.54) is 0 Å². The summed E-state index contributed by atoms with van der Waals surface area (Å²) in [6.07, 6.45) is 3.91. The van der Waals surface area contributed by atoms with Gasteiger partial charge in [-0.05, 0) is 36.5 Å². The molecule has 3 nitrogen and oxygen atoms in total. The van der Waals surface area contributed by atoms with Crippen molar-refractivity contribution < 1.29 is 14.7 Å². The van der Waals surface area contributed by atoms with Gasteiger partial charge < -0.3 is 5.11 Å². The summed E-state index contributed by atoms with van der Waals surface area (Å²) in [6, 6.07) is 6.79. The van der Waals surface area contributed by atoms with Crippen LogP contribution in [0.2, 0.25) is 0 Å². The van der Waals surface area contributed by atoms with Gasteiger partial charge in [0.05, 0.1) is 0 Å². The predicted octanol–water partition coefficient (Wildman–Crippen LogP) is 4.73. The summed E-state index contributed by atoms with van der Waals surface area (Å²) in [5, 5.41) is 10.4. The Kier molecular flexibility index (Phi) is 3.91. The van der Waals surface area contributed by atoms with Crippen molar-refractivity contribution in [2.45, 2.75) is 46.5 Å². The third-order valence-corrected chi connectivity index (χ3v) is 5.44. The van der Waals surface area contributed by atoms with Crippen molar-refractivity contribution in [1.29, 1.82) is 0 Å². The van der Waals surface area contributed by atoms with Gasteiger partial charge in [-0.2, -0.15) is 0 Å². The van der Waals surface area contributed by atoms with E-state index in [1.807, 2.05) is 0 Å². The minimum atomic E-state index is -0.409. The number of hydrogen-bond acceptors (Lipinski definition) is 3. The van der Waals surface area contributed by atoms with E-state index in [-0.39, 0.29) is 22.9 Å². The molecule has 0 spiro atoms. The van der Waals surface area contributed by atoms with Gasteiger partial charge >= 0.3 is 0 Å². The summed E-state index contributed by atoms with van der Waals surface area (Å²) in [5.41, 5.74) is 1.28. The first kappa shape index (κ1) is 16.0. The lowest BCUT2D eigenvalue weighted by Crippen LogP contribution is -2.32. The van der Waals surface area contributed by atoms with E-state index in [4.69, 9.17) is 0 Å². The van der Waals surface area contributed by atoms with Crippen LogP contribution in [0.15, 0.2) is 35.6 Å². The largest absolute Gasteiger partial charge is 0.504 e. The Labute approximate surface area is 137 Å². The van der Waals surface area contributed by atoms with Crippen molar-refractivity contribution >= 4 is 11.6 Å². The first-order chi connectivity index (χ1) is 10.8. The van der Waals surface area contributed by atoms with Gasteiger partial charge in [-0.3, -0.25) is 9.59 Å². The van der Waals surface area contributed by atoms with Crippen LogP contribution in [-0.4, -0.2) is 16.7 Å². The Balaban J connectivity index is 1.98. The molecule has 2 aliphatic carbocycles. The van der Waals surface area contributed by atoms with E-state index in [9.17, 15) is 14.7 Å². The highest BCUT2D eigenvalue weighted by Crippen LogP contribution is 2.44. The SMILES string of the molecule is CC(C)(C)C1CCCC(C2=C(O)C(=O)c3ccccc3C2=O)C1. The second-order valence-corrected chi connectivity index (χ2v) is 7.89. The van der Waals surface area contributed by atoms with Crippen molar-refractivity contribution in [3.63, 3.8) is 0 Å². The highest BCUT2D eigenvalue weighted by molar-refractivity contribution is 6.26. The van der Waals surface area contributed by atoms with Gasteiger partial charge in [0.15, 0.2) is 11.5 Å². The highest BCUT2D eigenvalue weighted by atomic mass is 16.3. The fourth-order valence-corrected chi connectivity index (χ4v) is 4.00. The smallest absolute Gasteiger partial charge is 0.228 e. The van der Waals surface area contributed by atoms with E-state index in [0.717, 1.165) is 25.7 Å². The third-order valence-electron chi connectivity index (χ3n) is 5.44. The molecule has 0 aromatic heterocycles. The van der Waals surface area contributed by atoms with Crippen LogP contribution >= 0.6 is 0 Å². The van der Waals surface area contributed by atoms with E-state index in [0.29, 0.717) is 22.6 Å². The molecule has 1 aromatic carbocycles. The average Bonchev–Trinajstić information content (AvgIpc) is 2.52. The zero-order valence-electron chi connectivity index (χ0n) is 14.1. The molecule has 1 N–H and O–H groups in total. The number of rotatable bonds is 1. The van der Waals surface area contributed by atoms with Gasteiger partial charge in [-0.15, -0.1) is 0 Å². The Hall–Kier alpha value is -1.90. The number of carbonyl (C=O) groups excluding carboxylic acids is 2. The highest BCUT2D eigenvalue weighted by Gasteiger charge is 2.39. The van der Waals surface area contributed by atoms with Gasteiger partial charge in [0.1, 0.15) is 0 Å². The molecule has 3 heteroatoms. The van der Waals surface area contributed by atoms with Crippen molar-refractivity contribution in [3.05, 3.63) is 46.7 Å². The van der Waals surface area contributed by atoms with Gasteiger partial charge in [-0.1, -0.05) is 51.5 Å². The van der Waals surface area contributed by atoms with Crippen LogP contribution in [0.3, 0.4) is 0 Å². The zero-order chi connectivity index (χ0) is 16.8. The zero-order valence-corrected chi connectivity index (χ0v) is 14.1. The predicted molar refractivity (Wildman–Crippen MR) is 89.7 cm³/mol. The molecule has 2 aliphatic rings. The minimum absolute atomic E-state index is 0.0159. The van der Waals surface area contributed by atoms with E-state index in [2.05, 4.69) is 20.8 Å². The fraction of sp³-hybridized carbons (Fsp3) is 0.500. The van der Waals surface area contributed by atoms with Gasteiger partial charge in [0, 0.05) is 16.7 Å². The van der Waals surface area contributed by atoms with Gasteiger partial charge in [0.2, 0.25) is 5.78 Å². The van der Waals surface area contributed by atoms with Crippen LogP contribution in [0, 0.1) is 17.3 Å². The summed E-state index contributed by atoms with van der Waals surface area (Å²) in [4.78, 5) is 25.3. The van der Waals surface area contributed by atoms with Gasteiger partial charge in [-0.25, -0.2) is 0 Å². The van der Waals surface area contributed by atoms with Crippen molar-refractivity contribution in [1.82, 2.24) is 0 Å². The number of ketones is 2. The normalized spacial score (nSPS) is 25.5. The lowest BCUT2D eigenvalue weighted by atomic mass is 9.66. The number of fused-ring (bicyclic) bond motifs is 1. The molecule has 122 valence electrons. The first-order valence-corrected chi connectivity index (χ1v) is 8.42. The average molecular weight is 312 g/mol. The maximum Gasteiger partial charge on any atom is 0.228 e. The van der Waals surface area contributed by atoms with E-state index >= 15 is 0 Å². The lowest BCUT2D eigenvalue weighted by Gasteiger charge is -2.38. The van der Waals surface area contributed by atoms with Gasteiger partial charge in [0.25, 0.3) is 0 Å². The molecule has 0 heterocycles. The molecule has 3 rings (SSSR count). The molecule has 0 bridgehead atoms. The van der Waals surface area contributed by atoms with Crippen LogP contribution in [0.1, 0.15) is 67.2 Å². The van der Waals surface area contributed by atoms with Crippen molar-refractivity contribution in [2.75, 3.05) is 0 Å². The summed E-state index contributed by atoms with van der Waals surface area (Å²) in [7, 11) is 0. The molecule has 0 radical (unpaired) electrons. The minimum Gasteiger partial charge on any atom is -0.504 e. The summed E-state index contributed by atoms with van der Waals surface area (Å²) in [5.74, 6) is -0.419. The summed E-state index contributed by atoms with van der Waals surface area (Å²) in [6.45, 7) is 6.66. The molecule has 2 atom stereocenters. The molecule has 2 unspecified atom stereocenters. The topological polar surface area (TPSA) is 54.4 Å². The lowest BCUT2D eigenvalue weighted by molar-refractivity contribution is 0.0896. The fourth-order valence-electron chi connectivity index (χ4n) is 4.00. The molecule has 1 aromatic rings. The summed E-state index contributed by atoms with van der Waals surface area (Å²) >= 11 is 0. The Morgan fingerprint density at radius 2 is 1.61 bits per heavy atom. The molecular weight excluding hydrogens is 288 g/mol. The molecule has 0 amide bonds. The van der Waals surface area contributed by atoms with Crippen LogP contribution in [0.25, 0.3) is 0 Å². The Morgan fingerprint density at radius 1 is 1.00 bits per heavy atom. The second-order valence-electron chi connectivity index (χ2n) is 7.89. The van der Waals surface area contributed by atoms with E-state index < -0.39 is 5.78 Å². The second kappa shape index (κ2) is 5.63. The van der Waals surface area contributed by atoms with Crippen molar-refractivity contribution in [3.8, 4) is 0 Å². The van der Waals surface area contributed by atoms with Crippen LogP contribution in [0.4, 0.5) is 0 Å². The molecular formula is C20H24O3. The number of Topliss-reactive ketones (excluding diaryl/α,β-unsaturated/α-hetero) is 2. The van der Waals surface area contributed by atoms with Crippen LogP contribution in [0.5, 0.6) is 0 Å². The number of benzene rings is 1. The maximum atomic E-state index is 12.9. The number of hydrogen-bond donors (Lipinski definition) is 1. The molecule has 0 saturated heterocycles. The number of aliphatic hydroxyl groups is 1. The molecule has 1 fully saturated rings. The molecule has 23 heavy (non-hydrogen) atoms. The van der Waals surface area contributed by atoms with Crippen LogP contribution < -0.4 is 0 Å². The summed E-state index contributed by atoms with van der Waals surface area (Å²) < 4.78 is 0. The van der Waals surface area contributed by atoms with Crippen molar-refractivity contribution in [2.24, 2.45) is 17.3 Å². The standard InChI is InChI=1S/C20H24O3/c1-20(2,3)13-8-6-7-12(11-13)16-17(21)14-9-4-5-10-15(14)18(22)19(16)23/h4-5,9-10,12-13,23H,6-8,11H2,1-3H3. The maximum absolute atomic E-state index is 12.9. The number of allylic oxidation sites excluding steroid dienone is 2. The van der Waals surface area contributed by atoms with E-state index in [1.54, 1.807) is 24.3 Å². The third kappa shape index (κ3) is 2.73. The number of carbonyl (C=O) groups is 2. The monoisotopic (exact) mass is 312 g/mol. The number of aliphatic hydroxyl groups excluding tert-OH is 1. The van der Waals surface area contributed by atoms with Crippen LogP contribution in [-0.2, 0) is 0 Å².